The lowest BCUT2D eigenvalue weighted by atomic mass is 9.81. The Morgan fingerprint density at radius 2 is 1.29 bits per heavy atom. The molecule has 0 aliphatic carbocycles. The molecule has 20 nitrogen and oxygen atoms in total. The maximum atomic E-state index is 14.0. The molecule has 4 heterocycles. The van der Waals surface area contributed by atoms with E-state index in [0.29, 0.717) is 0 Å². The van der Waals surface area contributed by atoms with Gasteiger partial charge in [-0.25, -0.2) is 0 Å². The normalized spacial score (nSPS) is 42.6. The van der Waals surface area contributed by atoms with Crippen LogP contribution in [0, 0.1) is 17.8 Å². The molecule has 388 valence electrons. The second kappa shape index (κ2) is 28.2. The molecule has 4 rings (SSSR count). The van der Waals surface area contributed by atoms with Crippen molar-refractivity contribution in [3.8, 4) is 0 Å². The van der Waals surface area contributed by atoms with Crippen LogP contribution in [0.2, 0.25) is 0 Å². The molecule has 14 N–H and O–H groups in total. The number of allylic oxidation sites excluding steroid dienone is 12. The predicted octanol–water partition coefficient (Wildman–Crippen LogP) is -1.06. The second-order valence-electron chi connectivity index (χ2n) is 18.7. The van der Waals surface area contributed by atoms with Crippen LogP contribution in [-0.2, 0) is 33.3 Å². The molecule has 69 heavy (non-hydrogen) atoms. The van der Waals surface area contributed by atoms with Gasteiger partial charge < -0.3 is 86.4 Å². The summed E-state index contributed by atoms with van der Waals surface area (Å²) in [4.78, 5) is 39.6. The molecule has 0 spiro atoms. The van der Waals surface area contributed by atoms with E-state index in [0.717, 1.165) is 0 Å². The lowest BCUT2D eigenvalue weighted by Gasteiger charge is -2.48. The molecule has 7 unspecified atom stereocenters. The lowest BCUT2D eigenvalue weighted by Crippen LogP contribution is -2.63. The van der Waals surface area contributed by atoms with Gasteiger partial charge >= 0.3 is 5.97 Å². The average Bonchev–Trinajstić information content (AvgIpc) is 3.23. The molecular weight excluding hydrogens is 903 g/mol. The number of primary amides is 1. The largest absolute Gasteiger partial charge is 0.462 e. The highest BCUT2D eigenvalue weighted by molar-refractivity contribution is 5.85. The zero-order valence-corrected chi connectivity index (χ0v) is 39.3. The van der Waals surface area contributed by atoms with Crippen LogP contribution in [0.5, 0.6) is 0 Å². The first-order valence-corrected chi connectivity index (χ1v) is 23.7. The molecule has 0 aromatic rings. The van der Waals surface area contributed by atoms with Crippen LogP contribution >= 0.6 is 0 Å². The summed E-state index contributed by atoms with van der Waals surface area (Å²) in [5, 5.41) is 109. The minimum absolute atomic E-state index is 0.00862. The Hall–Kier alpha value is -3.97. The standard InChI is InChI=1S/C49H75N3O17/c1-29-15-13-11-9-7-5-3-4-6-8-10-12-14-16-35(68-48-45(62)44(50)40(60)28-66-48)23-41-43(47(64)52-26-31(27-52)46(51)63)39(59)25-49(65,69-41)24-34(55)21-38(58)36(56)18-17-32(53)20-33(54)22-42(61)67-30(2)19-37(29)57/h3-16,29-41,43-45,48,53-60,62,65H,17-28,50H2,1-2H3,(H2,51,63)/b4-3+,7-5+,8-6+,11-9+,12-10+,15-13+,16-14+/t29-,30-,32?,33?,34?,35?,36?,37-,38?,39-,40+,41-,43+,44-,45-,48-,49?/m0/s1. The number of carbonyl (C=O) groups excluding carboxylic acids is 3. The minimum atomic E-state index is -2.31. The van der Waals surface area contributed by atoms with Crippen molar-refractivity contribution in [1.29, 1.82) is 0 Å². The molecule has 3 fully saturated rings. The third-order valence-electron chi connectivity index (χ3n) is 12.6. The average molecular weight is 978 g/mol. The highest BCUT2D eigenvalue weighted by Gasteiger charge is 2.52. The van der Waals surface area contributed by atoms with E-state index in [1.165, 1.54) is 4.90 Å². The SMILES string of the molecule is C[C@H]1C[C@H](O)[C@@H](C)/C=C/C=C/C=C/C=C/C=C/C=C/C=C/C(O[C@@H]2OC[C@@H](O)[C@H](N)[C@@H]2O)C[C@@H]2OC(O)(CC(O)CC(O)C(O)CCC(O)CC(O)CC(=O)O1)C[C@H](O)[C@H]2C(=O)N1CC(C(N)=O)C1. The molecule has 0 aromatic heterocycles. The van der Waals surface area contributed by atoms with Crippen LogP contribution in [0.1, 0.15) is 71.6 Å². The van der Waals surface area contributed by atoms with Gasteiger partial charge in [0, 0.05) is 51.1 Å². The summed E-state index contributed by atoms with van der Waals surface area (Å²) in [5.74, 6) is -6.45. The first-order chi connectivity index (χ1) is 32.7. The van der Waals surface area contributed by atoms with Gasteiger partial charge in [0.25, 0.3) is 0 Å². The number of ether oxygens (including phenoxy) is 4. The van der Waals surface area contributed by atoms with Crippen LogP contribution in [0.3, 0.4) is 0 Å². The van der Waals surface area contributed by atoms with Gasteiger partial charge in [0.1, 0.15) is 12.2 Å². The Kier molecular flexibility index (Phi) is 23.5. The monoisotopic (exact) mass is 978 g/mol. The second-order valence-corrected chi connectivity index (χ2v) is 18.7. The number of nitrogens with zero attached hydrogens (tertiary/aromatic N) is 1. The fraction of sp³-hybridized carbons (Fsp3) is 0.653. The Morgan fingerprint density at radius 1 is 0.696 bits per heavy atom. The number of aliphatic hydroxyl groups excluding tert-OH is 9. The number of carbonyl (C=O) groups is 3. The van der Waals surface area contributed by atoms with Crippen molar-refractivity contribution in [3.05, 3.63) is 85.1 Å². The number of likely N-dealkylation sites (tertiary alicyclic amines) is 1. The van der Waals surface area contributed by atoms with Crippen molar-refractivity contribution in [2.24, 2.45) is 29.2 Å². The number of nitrogens with two attached hydrogens (primary N) is 2. The van der Waals surface area contributed by atoms with Gasteiger partial charge in [0.15, 0.2) is 12.1 Å². The summed E-state index contributed by atoms with van der Waals surface area (Å²) in [7, 11) is 0. The first kappa shape index (κ1) is 57.6. The highest BCUT2D eigenvalue weighted by Crippen LogP contribution is 2.39. The van der Waals surface area contributed by atoms with Crippen LogP contribution in [0.4, 0.5) is 0 Å². The number of cyclic esters (lactones) is 1. The van der Waals surface area contributed by atoms with Gasteiger partial charge in [0.05, 0.1) is 91.9 Å². The summed E-state index contributed by atoms with van der Waals surface area (Å²) in [6.07, 6.45) is 5.11. The van der Waals surface area contributed by atoms with Gasteiger partial charge in [-0.1, -0.05) is 92.0 Å². The van der Waals surface area contributed by atoms with Crippen molar-refractivity contribution in [2.45, 2.75) is 163 Å². The van der Waals surface area contributed by atoms with Gasteiger partial charge in [0.2, 0.25) is 11.8 Å². The number of amides is 2. The number of fused-ring (bicyclic) bond motifs is 2. The van der Waals surface area contributed by atoms with Gasteiger partial charge in [-0.05, 0) is 26.2 Å². The van der Waals surface area contributed by atoms with Gasteiger partial charge in [-0.3, -0.25) is 14.4 Å². The van der Waals surface area contributed by atoms with Crippen molar-refractivity contribution < 1.29 is 84.4 Å². The van der Waals surface area contributed by atoms with E-state index in [-0.39, 0.29) is 57.7 Å². The van der Waals surface area contributed by atoms with E-state index in [9.17, 15) is 65.4 Å². The summed E-state index contributed by atoms with van der Waals surface area (Å²) in [6.45, 7) is 3.16. The Labute approximate surface area is 403 Å². The van der Waals surface area contributed by atoms with Crippen LogP contribution < -0.4 is 11.5 Å². The molecule has 0 aromatic carbocycles. The van der Waals surface area contributed by atoms with E-state index in [1.54, 1.807) is 73.8 Å². The van der Waals surface area contributed by atoms with E-state index >= 15 is 0 Å². The molecule has 0 radical (unpaired) electrons. The topological polar surface area (TPSA) is 346 Å². The predicted molar refractivity (Wildman–Crippen MR) is 249 cm³/mol. The Bertz CT molecular complexity index is 1840. The molecule has 2 amide bonds. The molecule has 3 saturated heterocycles. The summed E-state index contributed by atoms with van der Waals surface area (Å²) < 4.78 is 23.3. The Balaban J connectivity index is 1.58. The number of hydrogen-bond donors (Lipinski definition) is 12. The third-order valence-corrected chi connectivity index (χ3v) is 12.6. The van der Waals surface area contributed by atoms with Crippen molar-refractivity contribution in [3.63, 3.8) is 0 Å². The smallest absolute Gasteiger partial charge is 0.308 e. The fourth-order valence-electron chi connectivity index (χ4n) is 8.54. The minimum Gasteiger partial charge on any atom is -0.462 e. The van der Waals surface area contributed by atoms with Crippen molar-refractivity contribution >= 4 is 17.8 Å². The molecule has 0 saturated carbocycles. The molecule has 4 aliphatic heterocycles. The highest BCUT2D eigenvalue weighted by atomic mass is 16.7. The number of aliphatic hydroxyl groups is 10. The molecule has 20 heteroatoms. The van der Waals surface area contributed by atoms with Crippen LogP contribution in [0.25, 0.3) is 0 Å². The van der Waals surface area contributed by atoms with E-state index < -0.39 is 147 Å². The maximum absolute atomic E-state index is 14.0. The van der Waals surface area contributed by atoms with Gasteiger partial charge in [-0.2, -0.15) is 0 Å². The molecular formula is C49H75N3O17. The molecule has 4 aliphatic rings. The van der Waals surface area contributed by atoms with E-state index in [2.05, 4.69) is 0 Å². The number of hydrogen-bond acceptors (Lipinski definition) is 18. The van der Waals surface area contributed by atoms with Crippen LogP contribution in [0.15, 0.2) is 85.1 Å². The number of esters is 1. The lowest BCUT2D eigenvalue weighted by molar-refractivity contribution is -0.305. The van der Waals surface area contributed by atoms with Crippen LogP contribution in [-0.4, -0.2) is 185 Å². The van der Waals surface area contributed by atoms with Crippen molar-refractivity contribution in [1.82, 2.24) is 4.90 Å². The first-order valence-electron chi connectivity index (χ1n) is 23.7. The zero-order valence-electron chi connectivity index (χ0n) is 39.3. The maximum Gasteiger partial charge on any atom is 0.308 e. The van der Waals surface area contributed by atoms with Crippen molar-refractivity contribution in [2.75, 3.05) is 19.7 Å². The summed E-state index contributed by atoms with van der Waals surface area (Å²) >= 11 is 0. The Morgan fingerprint density at radius 3 is 1.90 bits per heavy atom. The third kappa shape index (κ3) is 18.9. The van der Waals surface area contributed by atoms with Gasteiger partial charge in [-0.15, -0.1) is 0 Å². The van der Waals surface area contributed by atoms with E-state index in [1.807, 2.05) is 25.2 Å². The van der Waals surface area contributed by atoms with E-state index in [4.69, 9.17) is 30.4 Å². The molecule has 2 bridgehead atoms. The fourth-order valence-corrected chi connectivity index (χ4v) is 8.54. The summed E-state index contributed by atoms with van der Waals surface area (Å²) in [6, 6.07) is -1.13. The zero-order chi connectivity index (χ0) is 50.8. The quantitative estimate of drug-likeness (QED) is 0.149. The number of rotatable bonds is 4. The summed E-state index contributed by atoms with van der Waals surface area (Å²) in [5.41, 5.74) is 11.4. The molecule has 17 atom stereocenters.